The van der Waals surface area contributed by atoms with Crippen LogP contribution in [0.1, 0.15) is 6.42 Å². The fourth-order valence-corrected chi connectivity index (χ4v) is 0.550. The molecule has 0 aromatic rings. The zero-order chi connectivity index (χ0) is 8.15. The van der Waals surface area contributed by atoms with Gasteiger partial charge in [0, 0.05) is 13.6 Å². The number of carboxylic acid groups (broad SMARTS) is 1. The van der Waals surface area contributed by atoms with Crippen molar-refractivity contribution in [3.8, 4) is 0 Å². The SMILES string of the molecule is CN(CCC(=O)O)C(=S)S. The summed E-state index contributed by atoms with van der Waals surface area (Å²) in [6.07, 6.45) is 0.0944. The van der Waals surface area contributed by atoms with Crippen LogP contribution in [0, 0.1) is 0 Å². The molecule has 0 aliphatic carbocycles. The van der Waals surface area contributed by atoms with E-state index in [2.05, 4.69) is 24.8 Å². The van der Waals surface area contributed by atoms with Crippen LogP contribution in [0.25, 0.3) is 0 Å². The van der Waals surface area contributed by atoms with E-state index in [0.29, 0.717) is 10.9 Å². The quantitative estimate of drug-likeness (QED) is 0.492. The highest BCUT2D eigenvalue weighted by molar-refractivity contribution is 8.10. The Hall–Kier alpha value is -0.290. The van der Waals surface area contributed by atoms with E-state index in [1.54, 1.807) is 11.9 Å². The van der Waals surface area contributed by atoms with Gasteiger partial charge in [-0.25, -0.2) is 0 Å². The fraction of sp³-hybridized carbons (Fsp3) is 0.600. The van der Waals surface area contributed by atoms with E-state index < -0.39 is 5.97 Å². The number of hydrogen-bond donors (Lipinski definition) is 2. The lowest BCUT2D eigenvalue weighted by atomic mass is 10.4. The molecule has 0 atom stereocenters. The lowest BCUT2D eigenvalue weighted by molar-refractivity contribution is -0.137. The minimum absolute atomic E-state index is 0.0944. The fourth-order valence-electron chi connectivity index (χ4n) is 0.359. The maximum Gasteiger partial charge on any atom is 0.305 e. The third kappa shape index (κ3) is 4.58. The van der Waals surface area contributed by atoms with Gasteiger partial charge in [-0.05, 0) is 0 Å². The maximum absolute atomic E-state index is 10.0. The Morgan fingerprint density at radius 3 is 2.60 bits per heavy atom. The molecule has 10 heavy (non-hydrogen) atoms. The van der Waals surface area contributed by atoms with Gasteiger partial charge >= 0.3 is 5.97 Å². The highest BCUT2D eigenvalue weighted by atomic mass is 32.1. The van der Waals surface area contributed by atoms with Crippen LogP contribution in [0.5, 0.6) is 0 Å². The molecule has 0 saturated heterocycles. The second kappa shape index (κ2) is 4.51. The predicted octanol–water partition coefficient (Wildman–Crippen LogP) is 0.608. The Kier molecular flexibility index (Phi) is 4.38. The van der Waals surface area contributed by atoms with E-state index in [1.807, 2.05) is 0 Å². The number of aliphatic carboxylic acids is 1. The summed E-state index contributed by atoms with van der Waals surface area (Å²) in [6.45, 7) is 0.414. The molecule has 0 spiro atoms. The van der Waals surface area contributed by atoms with Gasteiger partial charge in [0.1, 0.15) is 4.32 Å². The summed E-state index contributed by atoms with van der Waals surface area (Å²) in [5, 5.41) is 8.25. The van der Waals surface area contributed by atoms with Gasteiger partial charge in [0.05, 0.1) is 6.42 Å². The van der Waals surface area contributed by atoms with Crippen LogP contribution in [0.2, 0.25) is 0 Å². The predicted molar refractivity (Wildman–Crippen MR) is 46.5 cm³/mol. The molecular formula is C5H9NO2S2. The van der Waals surface area contributed by atoms with Crippen molar-refractivity contribution >= 4 is 35.1 Å². The summed E-state index contributed by atoms with van der Waals surface area (Å²) in [5.41, 5.74) is 0. The van der Waals surface area contributed by atoms with Crippen molar-refractivity contribution in [3.63, 3.8) is 0 Å². The average Bonchev–Trinajstić information content (AvgIpc) is 1.82. The third-order valence-corrected chi connectivity index (χ3v) is 1.64. The van der Waals surface area contributed by atoms with E-state index in [4.69, 9.17) is 5.11 Å². The van der Waals surface area contributed by atoms with E-state index >= 15 is 0 Å². The monoisotopic (exact) mass is 179 g/mol. The third-order valence-electron chi connectivity index (χ3n) is 0.988. The largest absolute Gasteiger partial charge is 0.481 e. The topological polar surface area (TPSA) is 40.5 Å². The molecule has 0 heterocycles. The molecule has 0 aromatic heterocycles. The molecule has 0 saturated carbocycles. The molecule has 58 valence electrons. The molecule has 0 fully saturated rings. The Morgan fingerprint density at radius 2 is 2.30 bits per heavy atom. The van der Waals surface area contributed by atoms with Gasteiger partial charge in [0.2, 0.25) is 0 Å². The summed E-state index contributed by atoms with van der Waals surface area (Å²) in [5.74, 6) is -0.823. The molecule has 0 rings (SSSR count). The van der Waals surface area contributed by atoms with E-state index in [1.165, 1.54) is 0 Å². The molecule has 0 amide bonds. The lowest BCUT2D eigenvalue weighted by Crippen LogP contribution is -2.23. The molecule has 0 bridgehead atoms. The summed E-state index contributed by atoms with van der Waals surface area (Å²) in [4.78, 5) is 11.6. The van der Waals surface area contributed by atoms with Crippen LogP contribution >= 0.6 is 24.8 Å². The smallest absolute Gasteiger partial charge is 0.305 e. The van der Waals surface area contributed by atoms with Crippen molar-refractivity contribution in [2.75, 3.05) is 13.6 Å². The molecular weight excluding hydrogens is 170 g/mol. The molecule has 0 aliphatic rings. The zero-order valence-corrected chi connectivity index (χ0v) is 7.28. The number of carboxylic acids is 1. The molecule has 0 aliphatic heterocycles. The van der Waals surface area contributed by atoms with Crippen LogP contribution in [0.15, 0.2) is 0 Å². The molecule has 3 nitrogen and oxygen atoms in total. The molecule has 0 aromatic carbocycles. The van der Waals surface area contributed by atoms with Crippen molar-refractivity contribution < 1.29 is 9.90 Å². The Balaban J connectivity index is 3.49. The summed E-state index contributed by atoms with van der Waals surface area (Å²) >= 11 is 8.53. The average molecular weight is 179 g/mol. The first-order valence-corrected chi connectivity index (χ1v) is 3.55. The highest BCUT2D eigenvalue weighted by Gasteiger charge is 2.01. The van der Waals surface area contributed by atoms with E-state index in [9.17, 15) is 4.79 Å². The van der Waals surface area contributed by atoms with Gasteiger partial charge in [0.25, 0.3) is 0 Å². The van der Waals surface area contributed by atoms with Crippen LogP contribution in [-0.2, 0) is 4.79 Å². The molecule has 0 unspecified atom stereocenters. The molecule has 1 N–H and O–H groups in total. The van der Waals surface area contributed by atoms with Crippen molar-refractivity contribution in [1.82, 2.24) is 4.90 Å². The van der Waals surface area contributed by atoms with Crippen molar-refractivity contribution in [2.24, 2.45) is 0 Å². The number of thiol groups is 1. The summed E-state index contributed by atoms with van der Waals surface area (Å²) < 4.78 is 0.418. The standard InChI is InChI=1S/C5H9NO2S2/c1-6(5(9)10)3-2-4(7)8/h2-3H2,1H3,(H,7,8)(H,9,10). The van der Waals surface area contributed by atoms with Crippen molar-refractivity contribution in [3.05, 3.63) is 0 Å². The summed E-state index contributed by atoms with van der Waals surface area (Å²) in [7, 11) is 1.71. The maximum atomic E-state index is 10.0. The van der Waals surface area contributed by atoms with Gasteiger partial charge in [-0.2, -0.15) is 0 Å². The van der Waals surface area contributed by atoms with Crippen LogP contribution in [-0.4, -0.2) is 33.9 Å². The second-order valence-corrected chi connectivity index (χ2v) is 2.96. The van der Waals surface area contributed by atoms with Gasteiger partial charge in [0.15, 0.2) is 0 Å². The van der Waals surface area contributed by atoms with Crippen molar-refractivity contribution in [1.29, 1.82) is 0 Å². The minimum Gasteiger partial charge on any atom is -0.481 e. The number of hydrogen-bond acceptors (Lipinski definition) is 2. The van der Waals surface area contributed by atoms with E-state index in [-0.39, 0.29) is 6.42 Å². The Bertz CT molecular complexity index is 149. The van der Waals surface area contributed by atoms with Gasteiger partial charge in [-0.15, -0.1) is 12.6 Å². The molecule has 0 radical (unpaired) electrons. The number of thiocarbonyl (C=S) groups is 1. The number of nitrogens with zero attached hydrogens (tertiary/aromatic N) is 1. The molecule has 5 heteroatoms. The zero-order valence-electron chi connectivity index (χ0n) is 5.57. The first-order chi connectivity index (χ1) is 4.54. The number of rotatable bonds is 3. The summed E-state index contributed by atoms with van der Waals surface area (Å²) in [6, 6.07) is 0. The first-order valence-electron chi connectivity index (χ1n) is 2.70. The van der Waals surface area contributed by atoms with Crippen LogP contribution < -0.4 is 0 Å². The highest BCUT2D eigenvalue weighted by Crippen LogP contribution is 1.93. The van der Waals surface area contributed by atoms with Crippen LogP contribution in [0.4, 0.5) is 0 Å². The van der Waals surface area contributed by atoms with Gasteiger partial charge < -0.3 is 10.0 Å². The first kappa shape index (κ1) is 9.71. The lowest BCUT2D eigenvalue weighted by Gasteiger charge is -2.13. The van der Waals surface area contributed by atoms with Crippen molar-refractivity contribution in [2.45, 2.75) is 6.42 Å². The Labute approximate surface area is 70.4 Å². The van der Waals surface area contributed by atoms with Gasteiger partial charge in [-0.3, -0.25) is 4.79 Å². The Morgan fingerprint density at radius 1 is 1.80 bits per heavy atom. The van der Waals surface area contributed by atoms with Gasteiger partial charge in [-0.1, -0.05) is 12.2 Å². The number of carbonyl (C=O) groups is 1. The minimum atomic E-state index is -0.823. The second-order valence-electron chi connectivity index (χ2n) is 1.85. The van der Waals surface area contributed by atoms with E-state index in [0.717, 1.165) is 0 Å². The van der Waals surface area contributed by atoms with Crippen LogP contribution in [0.3, 0.4) is 0 Å². The normalized spacial score (nSPS) is 9.00.